The Bertz CT molecular complexity index is 535. The predicted octanol–water partition coefficient (Wildman–Crippen LogP) is 3.03. The van der Waals surface area contributed by atoms with E-state index in [-0.39, 0.29) is 17.6 Å². The zero-order chi connectivity index (χ0) is 16.9. The number of ether oxygens (including phenoxy) is 1. The van der Waals surface area contributed by atoms with Crippen LogP contribution in [0, 0.1) is 0 Å². The van der Waals surface area contributed by atoms with Gasteiger partial charge in [0.15, 0.2) is 0 Å². The van der Waals surface area contributed by atoms with E-state index in [1.54, 1.807) is 6.92 Å². The van der Waals surface area contributed by atoms with E-state index in [0.29, 0.717) is 5.75 Å². The Labute approximate surface area is 136 Å². The average Bonchev–Trinajstić information content (AvgIpc) is 2.37. The van der Waals surface area contributed by atoms with Gasteiger partial charge in [-0.05, 0) is 47.6 Å². The third kappa shape index (κ3) is 6.18. The minimum Gasteiger partial charge on any atom is -0.491 e. The average molecular weight is 325 g/mol. The molecule has 1 aromatic rings. The highest BCUT2D eigenvalue weighted by Gasteiger charge is 2.24. The molecule has 2 atom stereocenters. The van der Waals surface area contributed by atoms with Gasteiger partial charge in [0.2, 0.25) is 5.91 Å². The van der Waals surface area contributed by atoms with Crippen molar-refractivity contribution in [2.75, 3.05) is 0 Å². The monoisotopic (exact) mass is 325 g/mol. The normalized spacial score (nSPS) is 14.5. The lowest BCUT2D eigenvalue weighted by Crippen LogP contribution is -2.46. The van der Waals surface area contributed by atoms with E-state index in [0.717, 1.165) is 11.3 Å². The van der Waals surface area contributed by atoms with Crippen molar-refractivity contribution in [2.24, 2.45) is 0 Å². The van der Waals surface area contributed by atoms with Crippen molar-refractivity contribution in [3.63, 3.8) is 0 Å². The molecule has 0 saturated heterocycles. The molecular formula is C17H27NO3S. The van der Waals surface area contributed by atoms with E-state index < -0.39 is 16.0 Å². The molecule has 4 nitrogen and oxygen atoms in total. The zero-order valence-electron chi connectivity index (χ0n) is 14.3. The van der Waals surface area contributed by atoms with Gasteiger partial charge in [0.25, 0.3) is 0 Å². The van der Waals surface area contributed by atoms with Crippen molar-refractivity contribution in [1.29, 1.82) is 0 Å². The van der Waals surface area contributed by atoms with Gasteiger partial charge in [-0.2, -0.15) is 0 Å². The van der Waals surface area contributed by atoms with Crippen molar-refractivity contribution < 1.29 is 13.7 Å². The summed E-state index contributed by atoms with van der Waals surface area (Å²) in [4.78, 5) is 12.1. The third-order valence-electron chi connectivity index (χ3n) is 2.89. The molecule has 124 valence electrons. The van der Waals surface area contributed by atoms with Crippen LogP contribution in [-0.4, -0.2) is 27.0 Å². The quantitative estimate of drug-likeness (QED) is 0.874. The molecule has 0 aliphatic heterocycles. The van der Waals surface area contributed by atoms with E-state index in [1.807, 2.05) is 58.9 Å². The van der Waals surface area contributed by atoms with Crippen LogP contribution >= 0.6 is 0 Å². The van der Waals surface area contributed by atoms with Crippen molar-refractivity contribution in [1.82, 2.24) is 5.32 Å². The second-order valence-electron chi connectivity index (χ2n) is 6.68. The number of carbonyl (C=O) groups is 1. The highest BCUT2D eigenvalue weighted by Crippen LogP contribution is 2.22. The first kappa shape index (κ1) is 18.7. The third-order valence-corrected chi connectivity index (χ3v) is 4.49. The Kier molecular flexibility index (Phi) is 6.60. The molecule has 1 amide bonds. The Morgan fingerprint density at radius 3 is 2.36 bits per heavy atom. The summed E-state index contributed by atoms with van der Waals surface area (Å²) in [6, 6.07) is 7.54. The number of nitrogens with one attached hydrogen (secondary N) is 1. The molecule has 1 rings (SSSR count). The molecule has 0 unspecified atom stereocenters. The molecule has 0 bridgehead atoms. The first-order chi connectivity index (χ1) is 10.1. The zero-order valence-corrected chi connectivity index (χ0v) is 15.1. The highest BCUT2D eigenvalue weighted by atomic mass is 32.2. The SMILES string of the molecule is CC(C)Oc1ccccc1C[S@](=O)[C@@H](C)C(=O)NC(C)(C)C. The number of benzene rings is 1. The molecule has 0 heterocycles. The Balaban J connectivity index is 2.78. The summed E-state index contributed by atoms with van der Waals surface area (Å²) in [6.07, 6.45) is 0.0520. The number of para-hydroxylation sites is 1. The van der Waals surface area contributed by atoms with Gasteiger partial charge in [-0.1, -0.05) is 18.2 Å². The molecule has 0 aromatic heterocycles. The van der Waals surface area contributed by atoms with Crippen molar-refractivity contribution in [3.05, 3.63) is 29.8 Å². The molecular weight excluding hydrogens is 298 g/mol. The minimum atomic E-state index is -1.30. The second-order valence-corrected chi connectivity index (χ2v) is 8.44. The van der Waals surface area contributed by atoms with Crippen molar-refractivity contribution in [2.45, 2.75) is 64.2 Å². The molecule has 0 aliphatic carbocycles. The lowest BCUT2D eigenvalue weighted by atomic mass is 10.1. The van der Waals surface area contributed by atoms with Crippen molar-refractivity contribution in [3.8, 4) is 5.75 Å². The number of hydrogen-bond acceptors (Lipinski definition) is 3. The highest BCUT2D eigenvalue weighted by molar-refractivity contribution is 7.85. The van der Waals surface area contributed by atoms with E-state index in [9.17, 15) is 9.00 Å². The number of hydrogen-bond donors (Lipinski definition) is 1. The summed E-state index contributed by atoms with van der Waals surface area (Å²) in [5.74, 6) is 0.851. The fraction of sp³-hybridized carbons (Fsp3) is 0.588. The molecule has 0 spiro atoms. The van der Waals surface area contributed by atoms with Crippen LogP contribution in [0.25, 0.3) is 0 Å². The molecule has 0 fully saturated rings. The second kappa shape index (κ2) is 7.77. The van der Waals surface area contributed by atoms with Crippen LogP contribution in [0.4, 0.5) is 0 Å². The first-order valence-electron chi connectivity index (χ1n) is 7.54. The van der Waals surface area contributed by atoms with Crippen LogP contribution in [0.1, 0.15) is 47.1 Å². The van der Waals surface area contributed by atoms with E-state index in [1.165, 1.54) is 0 Å². The molecule has 0 radical (unpaired) electrons. The van der Waals surface area contributed by atoms with E-state index in [2.05, 4.69) is 5.32 Å². The minimum absolute atomic E-state index is 0.0520. The van der Waals surface area contributed by atoms with Gasteiger partial charge in [0.05, 0.1) is 11.9 Å². The lowest BCUT2D eigenvalue weighted by Gasteiger charge is -2.23. The largest absolute Gasteiger partial charge is 0.491 e. The molecule has 5 heteroatoms. The maximum atomic E-state index is 12.5. The standard InChI is InChI=1S/C17H27NO3S/c1-12(2)21-15-10-8-7-9-14(15)11-22(20)13(3)16(19)18-17(4,5)6/h7-10,12-13H,11H2,1-6H3,(H,18,19)/t13-,22-/m0/s1. The first-order valence-corrected chi connectivity index (χ1v) is 8.92. The number of amides is 1. The molecule has 1 N–H and O–H groups in total. The summed E-state index contributed by atoms with van der Waals surface area (Å²) in [5.41, 5.74) is 0.540. The van der Waals surface area contributed by atoms with Gasteiger partial charge >= 0.3 is 0 Å². The molecule has 0 saturated carbocycles. The van der Waals surface area contributed by atoms with Gasteiger partial charge in [0, 0.05) is 21.9 Å². The van der Waals surface area contributed by atoms with Crippen molar-refractivity contribution >= 4 is 16.7 Å². The Hall–Kier alpha value is -1.36. The number of rotatable bonds is 6. The van der Waals surface area contributed by atoms with Crippen LogP contribution in [0.5, 0.6) is 5.75 Å². The van der Waals surface area contributed by atoms with Crippen LogP contribution in [-0.2, 0) is 21.3 Å². The summed E-state index contributed by atoms with van der Waals surface area (Å²) in [6.45, 7) is 11.3. The Morgan fingerprint density at radius 2 is 1.82 bits per heavy atom. The molecule has 22 heavy (non-hydrogen) atoms. The van der Waals surface area contributed by atoms with E-state index in [4.69, 9.17) is 4.74 Å². The maximum Gasteiger partial charge on any atom is 0.235 e. The fourth-order valence-electron chi connectivity index (χ4n) is 1.86. The number of carbonyl (C=O) groups excluding carboxylic acids is 1. The Morgan fingerprint density at radius 1 is 1.23 bits per heavy atom. The van der Waals surface area contributed by atoms with Crippen LogP contribution in [0.2, 0.25) is 0 Å². The topological polar surface area (TPSA) is 55.4 Å². The lowest BCUT2D eigenvalue weighted by molar-refractivity contribution is -0.121. The summed E-state index contributed by atoms with van der Waals surface area (Å²) in [5, 5.41) is 2.31. The van der Waals surface area contributed by atoms with E-state index >= 15 is 0 Å². The van der Waals surface area contributed by atoms with Gasteiger partial charge in [-0.3, -0.25) is 9.00 Å². The predicted molar refractivity (Wildman–Crippen MR) is 91.4 cm³/mol. The van der Waals surface area contributed by atoms with Crippen LogP contribution in [0.15, 0.2) is 24.3 Å². The fourth-order valence-corrected chi connectivity index (χ4v) is 2.95. The van der Waals surface area contributed by atoms with Crippen LogP contribution < -0.4 is 10.1 Å². The van der Waals surface area contributed by atoms with Gasteiger partial charge in [0.1, 0.15) is 11.0 Å². The van der Waals surface area contributed by atoms with Gasteiger partial charge in [-0.15, -0.1) is 0 Å². The smallest absolute Gasteiger partial charge is 0.235 e. The summed E-state index contributed by atoms with van der Waals surface area (Å²) >= 11 is 0. The van der Waals surface area contributed by atoms with Gasteiger partial charge < -0.3 is 10.1 Å². The molecule has 0 aliphatic rings. The summed E-state index contributed by atoms with van der Waals surface area (Å²) in [7, 11) is -1.30. The maximum absolute atomic E-state index is 12.5. The molecule has 1 aromatic carbocycles. The van der Waals surface area contributed by atoms with Gasteiger partial charge in [-0.25, -0.2) is 0 Å². The van der Waals surface area contributed by atoms with Crippen LogP contribution in [0.3, 0.4) is 0 Å². The summed E-state index contributed by atoms with van der Waals surface area (Å²) < 4.78 is 18.2.